The van der Waals surface area contributed by atoms with E-state index >= 15 is 0 Å². The van der Waals surface area contributed by atoms with Crippen LogP contribution in [-0.4, -0.2) is 10.4 Å². The van der Waals surface area contributed by atoms with Crippen LogP contribution in [0.1, 0.15) is 19.0 Å². The van der Waals surface area contributed by atoms with Crippen molar-refractivity contribution in [3.8, 4) is 5.69 Å². The summed E-state index contributed by atoms with van der Waals surface area (Å²) in [5, 5.41) is 0. The van der Waals surface area contributed by atoms with Crippen LogP contribution in [0.4, 0.5) is 0 Å². The van der Waals surface area contributed by atoms with Gasteiger partial charge in [0.25, 0.3) is 0 Å². The molecule has 0 spiro atoms. The monoisotopic (exact) mass is 213 g/mol. The van der Waals surface area contributed by atoms with Crippen molar-refractivity contribution >= 4 is 5.78 Å². The Bertz CT molecular complexity index is 470. The fourth-order valence-electron chi connectivity index (χ4n) is 1.76. The normalized spacial score (nSPS) is 10.3. The molecule has 2 nitrogen and oxygen atoms in total. The highest BCUT2D eigenvalue weighted by atomic mass is 16.1. The molecule has 2 heteroatoms. The van der Waals surface area contributed by atoms with E-state index in [0.29, 0.717) is 6.42 Å². The van der Waals surface area contributed by atoms with Gasteiger partial charge in [0.15, 0.2) is 0 Å². The second-order valence-corrected chi connectivity index (χ2v) is 3.91. The van der Waals surface area contributed by atoms with Gasteiger partial charge in [0.2, 0.25) is 0 Å². The summed E-state index contributed by atoms with van der Waals surface area (Å²) in [5.74, 6) is 0.237. The lowest BCUT2D eigenvalue weighted by molar-refractivity contribution is -0.117. The number of Topliss-reactive ketones (excluding diaryl/α,β-unsaturated/α-hetero) is 1. The largest absolute Gasteiger partial charge is 0.321 e. The second kappa shape index (κ2) is 4.79. The molecule has 0 saturated heterocycles. The molecule has 0 radical (unpaired) electrons. The van der Waals surface area contributed by atoms with Crippen molar-refractivity contribution in [1.29, 1.82) is 0 Å². The lowest BCUT2D eigenvalue weighted by atomic mass is 10.2. The highest BCUT2D eigenvalue weighted by Crippen LogP contribution is 2.13. The van der Waals surface area contributed by atoms with Crippen LogP contribution in [0.5, 0.6) is 0 Å². The van der Waals surface area contributed by atoms with E-state index in [1.165, 1.54) is 5.69 Å². The first kappa shape index (κ1) is 10.7. The van der Waals surface area contributed by atoms with Crippen LogP contribution in [0.2, 0.25) is 0 Å². The zero-order valence-electron chi connectivity index (χ0n) is 9.39. The van der Waals surface area contributed by atoms with Crippen LogP contribution < -0.4 is 0 Å². The summed E-state index contributed by atoms with van der Waals surface area (Å²) in [5.41, 5.74) is 2.33. The lowest BCUT2D eigenvalue weighted by Crippen LogP contribution is -2.01. The highest BCUT2D eigenvalue weighted by molar-refractivity contribution is 5.75. The molecule has 0 aliphatic carbocycles. The van der Waals surface area contributed by atoms with Crippen molar-refractivity contribution < 1.29 is 4.79 Å². The number of nitrogens with zero attached hydrogens (tertiary/aromatic N) is 1. The smallest absolute Gasteiger partial charge is 0.130 e. The molecule has 1 aromatic heterocycles. The molecular weight excluding hydrogens is 198 g/mol. The predicted molar refractivity (Wildman–Crippen MR) is 64.8 cm³/mol. The van der Waals surface area contributed by atoms with Gasteiger partial charge in [-0.1, -0.05) is 18.2 Å². The molecule has 0 N–H and O–H groups in total. The second-order valence-electron chi connectivity index (χ2n) is 3.91. The molecule has 2 rings (SSSR count). The van der Waals surface area contributed by atoms with E-state index in [1.54, 1.807) is 6.92 Å². The third kappa shape index (κ3) is 2.40. The summed E-state index contributed by atoms with van der Waals surface area (Å²) < 4.78 is 2.13. The molecule has 1 aromatic carbocycles. The molecular formula is C14H15NO. The van der Waals surface area contributed by atoms with Crippen LogP contribution in [0, 0.1) is 0 Å². The number of para-hydroxylation sites is 1. The molecule has 0 fully saturated rings. The van der Waals surface area contributed by atoms with Gasteiger partial charge in [0.05, 0.1) is 0 Å². The maximum atomic E-state index is 11.0. The van der Waals surface area contributed by atoms with E-state index in [4.69, 9.17) is 0 Å². The maximum absolute atomic E-state index is 11.0. The van der Waals surface area contributed by atoms with Crippen LogP contribution >= 0.6 is 0 Å². The molecule has 0 atom stereocenters. The van der Waals surface area contributed by atoms with Gasteiger partial charge in [-0.3, -0.25) is 0 Å². The number of carbonyl (C=O) groups excluding carboxylic acids is 1. The molecule has 0 amide bonds. The molecule has 0 bridgehead atoms. The Kier molecular flexibility index (Phi) is 3.20. The van der Waals surface area contributed by atoms with Gasteiger partial charge in [-0.15, -0.1) is 0 Å². The summed E-state index contributed by atoms with van der Waals surface area (Å²) in [6.07, 6.45) is 3.44. The minimum Gasteiger partial charge on any atom is -0.321 e. The lowest BCUT2D eigenvalue weighted by Gasteiger charge is -2.08. The van der Waals surface area contributed by atoms with Gasteiger partial charge in [-0.25, -0.2) is 0 Å². The van der Waals surface area contributed by atoms with Crippen molar-refractivity contribution in [3.63, 3.8) is 0 Å². The predicted octanol–water partition coefficient (Wildman–Crippen LogP) is 3.00. The minimum absolute atomic E-state index is 0.237. The van der Waals surface area contributed by atoms with E-state index in [2.05, 4.69) is 22.8 Å². The number of ketones is 1. The van der Waals surface area contributed by atoms with Crippen molar-refractivity contribution in [2.45, 2.75) is 19.8 Å². The Morgan fingerprint density at radius 1 is 1.12 bits per heavy atom. The number of rotatable bonds is 4. The fourth-order valence-corrected chi connectivity index (χ4v) is 1.76. The maximum Gasteiger partial charge on any atom is 0.130 e. The summed E-state index contributed by atoms with van der Waals surface area (Å²) >= 11 is 0. The fraction of sp³-hybridized carbons (Fsp3) is 0.214. The zero-order valence-corrected chi connectivity index (χ0v) is 9.39. The van der Waals surface area contributed by atoms with Gasteiger partial charge in [0.1, 0.15) is 5.78 Å². The minimum atomic E-state index is 0.237. The number of aromatic nitrogens is 1. The average molecular weight is 213 g/mol. The molecule has 0 aliphatic rings. The van der Waals surface area contributed by atoms with Gasteiger partial charge in [0, 0.05) is 24.0 Å². The molecule has 0 aliphatic heterocycles. The first-order chi connectivity index (χ1) is 7.77. The average Bonchev–Trinajstić information content (AvgIpc) is 2.75. The Labute approximate surface area is 95.5 Å². The van der Waals surface area contributed by atoms with E-state index in [-0.39, 0.29) is 5.78 Å². The zero-order chi connectivity index (χ0) is 11.4. The van der Waals surface area contributed by atoms with Crippen LogP contribution in [0.3, 0.4) is 0 Å². The number of carbonyl (C=O) groups is 1. The third-order valence-corrected chi connectivity index (χ3v) is 2.60. The van der Waals surface area contributed by atoms with Gasteiger partial charge in [-0.05, 0) is 37.6 Å². The van der Waals surface area contributed by atoms with E-state index in [1.807, 2.05) is 30.5 Å². The molecule has 16 heavy (non-hydrogen) atoms. The number of aryl methyl sites for hydroxylation is 1. The third-order valence-electron chi connectivity index (χ3n) is 2.60. The summed E-state index contributed by atoms with van der Waals surface area (Å²) in [4.78, 5) is 11.0. The topological polar surface area (TPSA) is 22.0 Å². The summed E-state index contributed by atoms with van der Waals surface area (Å²) in [7, 11) is 0. The number of hydrogen-bond acceptors (Lipinski definition) is 1. The van der Waals surface area contributed by atoms with Crippen molar-refractivity contribution in [2.24, 2.45) is 0 Å². The van der Waals surface area contributed by atoms with Gasteiger partial charge in [-0.2, -0.15) is 0 Å². The van der Waals surface area contributed by atoms with Crippen LogP contribution in [0.25, 0.3) is 5.69 Å². The Morgan fingerprint density at radius 2 is 1.88 bits per heavy atom. The Balaban J connectivity index is 2.23. The summed E-state index contributed by atoms with van der Waals surface area (Å²) in [6.45, 7) is 1.63. The van der Waals surface area contributed by atoms with Crippen molar-refractivity contribution in [2.75, 3.05) is 0 Å². The van der Waals surface area contributed by atoms with E-state index in [9.17, 15) is 4.79 Å². The van der Waals surface area contributed by atoms with Crippen molar-refractivity contribution in [1.82, 2.24) is 4.57 Å². The number of hydrogen-bond donors (Lipinski definition) is 0. The molecule has 0 saturated carbocycles. The number of benzene rings is 1. The Morgan fingerprint density at radius 3 is 2.56 bits per heavy atom. The molecule has 0 unspecified atom stereocenters. The first-order valence-corrected chi connectivity index (χ1v) is 5.48. The SMILES string of the molecule is CC(=O)CCc1cccn1-c1ccccc1. The molecule has 82 valence electrons. The van der Waals surface area contributed by atoms with Crippen LogP contribution in [-0.2, 0) is 11.2 Å². The van der Waals surface area contributed by atoms with Gasteiger partial charge < -0.3 is 9.36 Å². The standard InChI is InChI=1S/C14H15NO/c1-12(16)9-10-14-8-5-11-15(14)13-6-3-2-4-7-13/h2-8,11H,9-10H2,1H3. The highest BCUT2D eigenvalue weighted by Gasteiger charge is 2.03. The Hall–Kier alpha value is -1.83. The van der Waals surface area contributed by atoms with Crippen LogP contribution in [0.15, 0.2) is 48.7 Å². The summed E-state index contributed by atoms with van der Waals surface area (Å²) in [6, 6.07) is 14.3. The quantitative estimate of drug-likeness (QED) is 0.765. The molecule has 2 aromatic rings. The molecule has 1 heterocycles. The van der Waals surface area contributed by atoms with Crippen molar-refractivity contribution in [3.05, 3.63) is 54.4 Å². The first-order valence-electron chi connectivity index (χ1n) is 5.48. The van der Waals surface area contributed by atoms with Gasteiger partial charge >= 0.3 is 0 Å². The van der Waals surface area contributed by atoms with E-state index < -0.39 is 0 Å². The van der Waals surface area contributed by atoms with E-state index in [0.717, 1.165) is 12.1 Å².